The summed E-state index contributed by atoms with van der Waals surface area (Å²) >= 11 is 0. The van der Waals surface area contributed by atoms with E-state index in [0.29, 0.717) is 11.8 Å². The first-order chi connectivity index (χ1) is 7.44. The number of amides is 1. The lowest BCUT2D eigenvalue weighted by atomic mass is 9.74. The number of nitrogens with one attached hydrogen (secondary N) is 2. The fourth-order valence-corrected chi connectivity index (χ4v) is 2.18. The van der Waals surface area contributed by atoms with Gasteiger partial charge in [0.15, 0.2) is 0 Å². The van der Waals surface area contributed by atoms with Crippen molar-refractivity contribution in [3.05, 3.63) is 0 Å². The summed E-state index contributed by atoms with van der Waals surface area (Å²) in [4.78, 5) is 12.1. The first kappa shape index (κ1) is 13.5. The van der Waals surface area contributed by atoms with Crippen molar-refractivity contribution < 1.29 is 4.79 Å². The van der Waals surface area contributed by atoms with Crippen molar-refractivity contribution in [2.45, 2.75) is 40.5 Å². The molecule has 0 radical (unpaired) electrons. The predicted molar refractivity (Wildman–Crippen MR) is 67.2 cm³/mol. The van der Waals surface area contributed by atoms with Crippen molar-refractivity contribution in [3.63, 3.8) is 0 Å². The normalized spacial score (nSPS) is 22.2. The van der Waals surface area contributed by atoms with Gasteiger partial charge in [0.2, 0.25) is 5.91 Å². The Morgan fingerprint density at radius 1 is 1.50 bits per heavy atom. The molecule has 1 heterocycles. The molecule has 3 heteroatoms. The van der Waals surface area contributed by atoms with Crippen LogP contribution in [0, 0.1) is 17.3 Å². The van der Waals surface area contributed by atoms with Gasteiger partial charge in [-0.05, 0) is 37.8 Å². The fraction of sp³-hybridized carbons (Fsp3) is 0.923. The lowest BCUT2D eigenvalue weighted by Crippen LogP contribution is -2.47. The molecule has 0 aromatic rings. The van der Waals surface area contributed by atoms with Crippen LogP contribution in [-0.4, -0.2) is 25.5 Å². The van der Waals surface area contributed by atoms with E-state index < -0.39 is 0 Å². The number of hydrogen-bond donors (Lipinski definition) is 2. The molecule has 1 fully saturated rings. The molecule has 1 aliphatic rings. The Kier molecular flexibility index (Phi) is 4.78. The summed E-state index contributed by atoms with van der Waals surface area (Å²) in [6, 6.07) is 0. The quantitative estimate of drug-likeness (QED) is 0.767. The molecular formula is C13H26N2O. The smallest absolute Gasteiger partial charge is 0.225 e. The summed E-state index contributed by atoms with van der Waals surface area (Å²) in [7, 11) is 0. The van der Waals surface area contributed by atoms with E-state index in [2.05, 4.69) is 38.3 Å². The van der Waals surface area contributed by atoms with Gasteiger partial charge in [0.1, 0.15) is 0 Å². The second kappa shape index (κ2) is 5.67. The second-order valence-corrected chi connectivity index (χ2v) is 5.87. The van der Waals surface area contributed by atoms with Gasteiger partial charge in [-0.25, -0.2) is 0 Å². The molecule has 3 nitrogen and oxygen atoms in total. The van der Waals surface area contributed by atoms with E-state index in [-0.39, 0.29) is 11.3 Å². The average Bonchev–Trinajstić information content (AvgIpc) is 2.27. The molecule has 0 aromatic heterocycles. The molecule has 0 bridgehead atoms. The highest BCUT2D eigenvalue weighted by atomic mass is 16.2. The topological polar surface area (TPSA) is 41.1 Å². The van der Waals surface area contributed by atoms with Crippen molar-refractivity contribution >= 4 is 5.91 Å². The Labute approximate surface area is 99.4 Å². The van der Waals surface area contributed by atoms with Gasteiger partial charge in [0.25, 0.3) is 0 Å². The number of carbonyl (C=O) groups excluding carboxylic acids is 1. The molecule has 1 aliphatic heterocycles. The third kappa shape index (κ3) is 3.48. The van der Waals surface area contributed by atoms with Gasteiger partial charge in [-0.15, -0.1) is 0 Å². The summed E-state index contributed by atoms with van der Waals surface area (Å²) in [6.45, 7) is 11.2. The minimum atomic E-state index is -0.248. The van der Waals surface area contributed by atoms with E-state index in [1.165, 1.54) is 6.42 Å². The lowest BCUT2D eigenvalue weighted by molar-refractivity contribution is -0.132. The zero-order valence-electron chi connectivity index (χ0n) is 11.1. The summed E-state index contributed by atoms with van der Waals surface area (Å²) < 4.78 is 0. The van der Waals surface area contributed by atoms with Crippen LogP contribution in [0.1, 0.15) is 40.5 Å². The van der Waals surface area contributed by atoms with Crippen LogP contribution in [0.3, 0.4) is 0 Å². The van der Waals surface area contributed by atoms with Gasteiger partial charge in [-0.3, -0.25) is 4.79 Å². The molecule has 2 N–H and O–H groups in total. The fourth-order valence-electron chi connectivity index (χ4n) is 2.18. The minimum Gasteiger partial charge on any atom is -0.355 e. The number of rotatable bonds is 4. The lowest BCUT2D eigenvalue weighted by Gasteiger charge is -2.36. The zero-order chi connectivity index (χ0) is 12.2. The Hall–Kier alpha value is -0.570. The molecule has 0 aromatic carbocycles. The van der Waals surface area contributed by atoms with E-state index in [9.17, 15) is 4.79 Å². The molecule has 94 valence electrons. The first-order valence-electron chi connectivity index (χ1n) is 6.43. The maximum Gasteiger partial charge on any atom is 0.225 e. The molecule has 0 saturated carbocycles. The molecule has 1 amide bonds. The monoisotopic (exact) mass is 226 g/mol. The van der Waals surface area contributed by atoms with E-state index >= 15 is 0 Å². The largest absolute Gasteiger partial charge is 0.355 e. The number of carbonyl (C=O) groups is 1. The SMILES string of the molecule is CC(C)CNC(=O)C(C)(C)C1CCCNC1. The summed E-state index contributed by atoms with van der Waals surface area (Å²) in [5, 5.41) is 6.43. The minimum absolute atomic E-state index is 0.204. The third-order valence-corrected chi connectivity index (χ3v) is 3.57. The van der Waals surface area contributed by atoms with Gasteiger partial charge < -0.3 is 10.6 Å². The Morgan fingerprint density at radius 2 is 2.19 bits per heavy atom. The maximum atomic E-state index is 12.1. The van der Waals surface area contributed by atoms with Crippen LogP contribution >= 0.6 is 0 Å². The van der Waals surface area contributed by atoms with Gasteiger partial charge in [-0.2, -0.15) is 0 Å². The van der Waals surface area contributed by atoms with Crippen LogP contribution in [-0.2, 0) is 4.79 Å². The number of piperidine rings is 1. The Balaban J connectivity index is 2.50. The van der Waals surface area contributed by atoms with Crippen molar-refractivity contribution in [2.24, 2.45) is 17.3 Å². The van der Waals surface area contributed by atoms with Gasteiger partial charge in [0.05, 0.1) is 0 Å². The summed E-state index contributed by atoms with van der Waals surface area (Å²) in [6.07, 6.45) is 2.35. The van der Waals surface area contributed by atoms with E-state index in [1.54, 1.807) is 0 Å². The average molecular weight is 226 g/mol. The molecule has 1 unspecified atom stereocenters. The van der Waals surface area contributed by atoms with Crippen LogP contribution in [0.25, 0.3) is 0 Å². The van der Waals surface area contributed by atoms with Crippen LogP contribution in [0.2, 0.25) is 0 Å². The second-order valence-electron chi connectivity index (χ2n) is 5.87. The van der Waals surface area contributed by atoms with Crippen molar-refractivity contribution in [3.8, 4) is 0 Å². The van der Waals surface area contributed by atoms with Crippen LogP contribution in [0.5, 0.6) is 0 Å². The maximum absolute atomic E-state index is 12.1. The highest BCUT2D eigenvalue weighted by Crippen LogP contribution is 2.31. The van der Waals surface area contributed by atoms with Crippen molar-refractivity contribution in [2.75, 3.05) is 19.6 Å². The molecule has 1 saturated heterocycles. The summed E-state index contributed by atoms with van der Waals surface area (Å²) in [5.41, 5.74) is -0.248. The van der Waals surface area contributed by atoms with Crippen LogP contribution in [0.15, 0.2) is 0 Å². The van der Waals surface area contributed by atoms with Crippen LogP contribution < -0.4 is 10.6 Å². The van der Waals surface area contributed by atoms with Gasteiger partial charge in [-0.1, -0.05) is 27.7 Å². The predicted octanol–water partition coefficient (Wildman–Crippen LogP) is 1.78. The molecule has 0 spiro atoms. The molecule has 0 aliphatic carbocycles. The highest BCUT2D eigenvalue weighted by Gasteiger charge is 2.36. The van der Waals surface area contributed by atoms with E-state index in [0.717, 1.165) is 26.1 Å². The molecule has 16 heavy (non-hydrogen) atoms. The Bertz CT molecular complexity index is 230. The van der Waals surface area contributed by atoms with Gasteiger partial charge in [0, 0.05) is 12.0 Å². The standard InChI is InChI=1S/C13H26N2O/c1-10(2)8-15-12(16)13(3,4)11-6-5-7-14-9-11/h10-11,14H,5-9H2,1-4H3,(H,15,16). The van der Waals surface area contributed by atoms with Gasteiger partial charge >= 0.3 is 0 Å². The van der Waals surface area contributed by atoms with E-state index in [1.807, 2.05) is 0 Å². The van der Waals surface area contributed by atoms with Crippen LogP contribution in [0.4, 0.5) is 0 Å². The first-order valence-corrected chi connectivity index (χ1v) is 6.43. The zero-order valence-corrected chi connectivity index (χ0v) is 11.1. The third-order valence-electron chi connectivity index (χ3n) is 3.57. The molecule has 1 atom stereocenters. The number of hydrogen-bond acceptors (Lipinski definition) is 2. The highest BCUT2D eigenvalue weighted by molar-refractivity contribution is 5.82. The van der Waals surface area contributed by atoms with Crippen molar-refractivity contribution in [1.82, 2.24) is 10.6 Å². The molecular weight excluding hydrogens is 200 g/mol. The van der Waals surface area contributed by atoms with E-state index in [4.69, 9.17) is 0 Å². The molecule has 1 rings (SSSR count). The summed E-state index contributed by atoms with van der Waals surface area (Å²) in [5.74, 6) is 1.19. The Morgan fingerprint density at radius 3 is 2.69 bits per heavy atom. The van der Waals surface area contributed by atoms with Crippen molar-refractivity contribution in [1.29, 1.82) is 0 Å².